The molecular weight excluding hydrogens is 339 g/mol. The van der Waals surface area contributed by atoms with Crippen LogP contribution in [0, 0.1) is 6.92 Å². The largest absolute Gasteiger partial charge is 0.478 e. The maximum Gasteiger partial charge on any atom is 0.413 e. The second-order valence-corrected chi connectivity index (χ2v) is 5.92. The lowest BCUT2D eigenvalue weighted by Crippen LogP contribution is -2.30. The van der Waals surface area contributed by atoms with Crippen molar-refractivity contribution in [3.05, 3.63) is 28.3 Å². The topological polar surface area (TPSA) is 92.7 Å². The first-order valence-corrected chi connectivity index (χ1v) is 7.04. The Labute approximate surface area is 122 Å². The van der Waals surface area contributed by atoms with E-state index in [4.69, 9.17) is 16.7 Å². The van der Waals surface area contributed by atoms with Gasteiger partial charge < -0.3 is 5.11 Å². The number of hydrogen-bond donors (Lipinski definition) is 2. The first kappa shape index (κ1) is 17.7. The summed E-state index contributed by atoms with van der Waals surface area (Å²) in [5.41, 5.74) is -0.575. The molecule has 118 valence electrons. The molecule has 0 saturated carbocycles. The fraction of sp³-hybridized carbons (Fsp3) is 0.300. The summed E-state index contributed by atoms with van der Waals surface area (Å²) in [6, 6.07) is 1.93. The molecular formula is C10H9ClF3NO5S. The van der Waals surface area contributed by atoms with Crippen molar-refractivity contribution < 1.29 is 36.3 Å². The number of nitrogens with one attached hydrogen (secondary N) is 1. The lowest BCUT2D eigenvalue weighted by atomic mass is 10.1. The van der Waals surface area contributed by atoms with Crippen LogP contribution < -0.4 is 4.89 Å². The van der Waals surface area contributed by atoms with Gasteiger partial charge in [0.15, 0.2) is 6.61 Å². The lowest BCUT2D eigenvalue weighted by molar-refractivity contribution is -0.181. The van der Waals surface area contributed by atoms with Gasteiger partial charge in [0.25, 0.3) is 10.0 Å². The van der Waals surface area contributed by atoms with Crippen LogP contribution in [0.1, 0.15) is 15.9 Å². The molecule has 0 heterocycles. The second-order valence-electron chi connectivity index (χ2n) is 3.87. The molecule has 0 aliphatic carbocycles. The van der Waals surface area contributed by atoms with Crippen molar-refractivity contribution in [1.82, 2.24) is 4.89 Å². The van der Waals surface area contributed by atoms with Crippen molar-refractivity contribution in [3.8, 4) is 0 Å². The Morgan fingerprint density at radius 1 is 1.43 bits per heavy atom. The van der Waals surface area contributed by atoms with Crippen LogP contribution in [0.3, 0.4) is 0 Å². The smallest absolute Gasteiger partial charge is 0.413 e. The van der Waals surface area contributed by atoms with E-state index in [0.717, 1.165) is 12.1 Å². The second kappa shape index (κ2) is 6.18. The van der Waals surface area contributed by atoms with Crippen LogP contribution in [0.15, 0.2) is 17.0 Å². The Balaban J connectivity index is 3.12. The molecule has 1 aromatic rings. The summed E-state index contributed by atoms with van der Waals surface area (Å²) < 4.78 is 59.3. The van der Waals surface area contributed by atoms with Crippen LogP contribution in [-0.4, -0.2) is 32.3 Å². The van der Waals surface area contributed by atoms with Crippen LogP contribution in [0.5, 0.6) is 0 Å². The van der Waals surface area contributed by atoms with Crippen molar-refractivity contribution in [2.24, 2.45) is 0 Å². The summed E-state index contributed by atoms with van der Waals surface area (Å²) in [5.74, 6) is -1.43. The quantitative estimate of drug-likeness (QED) is 0.796. The van der Waals surface area contributed by atoms with E-state index in [0.29, 0.717) is 0 Å². The maximum absolute atomic E-state index is 11.9. The Hall–Kier alpha value is -1.36. The van der Waals surface area contributed by atoms with Gasteiger partial charge in [-0.1, -0.05) is 16.5 Å². The molecule has 0 bridgehead atoms. The van der Waals surface area contributed by atoms with E-state index in [9.17, 15) is 26.4 Å². The molecule has 0 radical (unpaired) electrons. The minimum atomic E-state index is -4.72. The van der Waals surface area contributed by atoms with E-state index < -0.39 is 39.2 Å². The summed E-state index contributed by atoms with van der Waals surface area (Å²) >= 11 is 5.60. The highest BCUT2D eigenvalue weighted by Crippen LogP contribution is 2.24. The van der Waals surface area contributed by atoms with Crippen LogP contribution in [0.2, 0.25) is 5.02 Å². The number of halogens is 4. The first-order chi connectivity index (χ1) is 9.44. The summed E-state index contributed by atoms with van der Waals surface area (Å²) in [5, 5.41) is 8.71. The monoisotopic (exact) mass is 347 g/mol. The number of sulfonamides is 1. The summed E-state index contributed by atoms with van der Waals surface area (Å²) in [6.07, 6.45) is -4.72. The molecule has 6 nitrogen and oxygen atoms in total. The molecule has 1 rings (SSSR count). The molecule has 0 saturated heterocycles. The van der Waals surface area contributed by atoms with Crippen molar-refractivity contribution in [2.75, 3.05) is 6.61 Å². The van der Waals surface area contributed by atoms with Gasteiger partial charge in [0.2, 0.25) is 0 Å². The Bertz CT molecular complexity index is 659. The van der Waals surface area contributed by atoms with E-state index in [1.54, 1.807) is 0 Å². The van der Waals surface area contributed by atoms with Crippen molar-refractivity contribution >= 4 is 27.6 Å². The maximum atomic E-state index is 11.9. The van der Waals surface area contributed by atoms with E-state index in [2.05, 4.69) is 4.84 Å². The van der Waals surface area contributed by atoms with Gasteiger partial charge in [0.1, 0.15) is 0 Å². The fourth-order valence-corrected chi connectivity index (χ4v) is 2.77. The number of aromatic carboxylic acids is 1. The highest BCUT2D eigenvalue weighted by atomic mass is 35.5. The van der Waals surface area contributed by atoms with Crippen molar-refractivity contribution in [3.63, 3.8) is 0 Å². The summed E-state index contributed by atoms with van der Waals surface area (Å²) in [4.78, 5) is 15.5. The number of benzene rings is 1. The van der Waals surface area contributed by atoms with Gasteiger partial charge >= 0.3 is 12.1 Å². The minimum absolute atomic E-state index is 0.185. The third-order valence-corrected chi connectivity index (χ3v) is 3.81. The molecule has 0 amide bonds. The van der Waals surface area contributed by atoms with Crippen LogP contribution in [0.25, 0.3) is 0 Å². The highest BCUT2D eigenvalue weighted by Gasteiger charge is 2.30. The van der Waals surface area contributed by atoms with Crippen molar-refractivity contribution in [1.29, 1.82) is 0 Å². The first-order valence-electron chi connectivity index (χ1n) is 5.18. The zero-order valence-corrected chi connectivity index (χ0v) is 11.9. The number of alkyl halides is 3. The number of rotatable bonds is 5. The number of carboxylic acid groups (broad SMARTS) is 1. The molecule has 0 aromatic heterocycles. The van der Waals surface area contributed by atoms with Gasteiger partial charge in [0.05, 0.1) is 10.5 Å². The number of carboxylic acids is 1. The molecule has 0 spiro atoms. The minimum Gasteiger partial charge on any atom is -0.478 e. The highest BCUT2D eigenvalue weighted by molar-refractivity contribution is 7.89. The van der Waals surface area contributed by atoms with E-state index in [-0.39, 0.29) is 10.6 Å². The van der Waals surface area contributed by atoms with E-state index in [1.807, 2.05) is 0 Å². The third-order valence-electron chi connectivity index (χ3n) is 2.25. The normalized spacial score (nSPS) is 12.4. The van der Waals surface area contributed by atoms with Crippen molar-refractivity contribution in [2.45, 2.75) is 18.0 Å². The Kier molecular flexibility index (Phi) is 5.20. The average molecular weight is 348 g/mol. The third kappa shape index (κ3) is 4.84. The van der Waals surface area contributed by atoms with E-state index >= 15 is 0 Å². The number of hydrogen-bond acceptors (Lipinski definition) is 4. The van der Waals surface area contributed by atoms with Crippen LogP contribution in [-0.2, 0) is 14.9 Å². The Morgan fingerprint density at radius 2 is 2.00 bits per heavy atom. The van der Waals surface area contributed by atoms with Gasteiger partial charge in [-0.3, -0.25) is 4.84 Å². The Morgan fingerprint density at radius 3 is 2.48 bits per heavy atom. The molecule has 0 fully saturated rings. The molecule has 0 aliphatic heterocycles. The molecule has 21 heavy (non-hydrogen) atoms. The molecule has 0 aliphatic rings. The predicted octanol–water partition coefficient (Wildman–Crippen LogP) is 2.12. The molecule has 11 heteroatoms. The van der Waals surface area contributed by atoms with Gasteiger partial charge in [-0.25, -0.2) is 13.2 Å². The zero-order chi connectivity index (χ0) is 16.4. The van der Waals surface area contributed by atoms with E-state index in [1.165, 1.54) is 11.8 Å². The van der Waals surface area contributed by atoms with Gasteiger partial charge in [-0.05, 0) is 24.6 Å². The molecule has 0 atom stereocenters. The van der Waals surface area contributed by atoms with Gasteiger partial charge in [-0.2, -0.15) is 13.2 Å². The lowest BCUT2D eigenvalue weighted by Gasteiger charge is -2.12. The zero-order valence-electron chi connectivity index (χ0n) is 10.4. The molecule has 0 unspecified atom stereocenters. The standard InChI is InChI=1S/C10H9ClF3NO5S/c1-5-7(9(16)17)2-6(11)3-8(5)21(18,19)15-20-4-10(12,13)14/h2-3,15H,4H2,1H3,(H,16,17). The molecule has 1 aromatic carbocycles. The fourth-order valence-electron chi connectivity index (χ4n) is 1.39. The van der Waals surface area contributed by atoms with Crippen LogP contribution in [0.4, 0.5) is 13.2 Å². The summed E-state index contributed by atoms with van der Waals surface area (Å²) in [7, 11) is -4.51. The van der Waals surface area contributed by atoms with Crippen LogP contribution >= 0.6 is 11.6 Å². The SMILES string of the molecule is Cc1c(C(=O)O)cc(Cl)cc1S(=O)(=O)NOCC(F)(F)F. The summed E-state index contributed by atoms with van der Waals surface area (Å²) in [6.45, 7) is -0.657. The van der Waals surface area contributed by atoms with Gasteiger partial charge in [0, 0.05) is 5.02 Å². The van der Waals surface area contributed by atoms with Gasteiger partial charge in [-0.15, -0.1) is 0 Å². The number of carbonyl (C=O) groups is 1. The predicted molar refractivity (Wildman–Crippen MR) is 65.5 cm³/mol. The average Bonchev–Trinajstić information content (AvgIpc) is 2.29. The molecule has 2 N–H and O–H groups in total.